The van der Waals surface area contributed by atoms with Gasteiger partial charge in [-0.25, -0.2) is 9.37 Å². The maximum absolute atomic E-state index is 12.8. The second-order valence-electron chi connectivity index (χ2n) is 5.20. The van der Waals surface area contributed by atoms with Crippen LogP contribution >= 0.6 is 22.7 Å². The van der Waals surface area contributed by atoms with E-state index in [1.807, 2.05) is 22.9 Å². The molecule has 1 aromatic carbocycles. The molecular weight excluding hydrogens is 361 g/mol. The molecular formula is C17H14FN3O2S2. The van der Waals surface area contributed by atoms with Crippen molar-refractivity contribution in [1.29, 1.82) is 0 Å². The average molecular weight is 375 g/mol. The number of halogens is 1. The van der Waals surface area contributed by atoms with Gasteiger partial charge >= 0.3 is 0 Å². The number of hydrogen-bond acceptors (Lipinski definition) is 5. The van der Waals surface area contributed by atoms with Crippen LogP contribution in [0, 0.1) is 5.82 Å². The van der Waals surface area contributed by atoms with Gasteiger partial charge in [-0.05, 0) is 29.1 Å². The summed E-state index contributed by atoms with van der Waals surface area (Å²) in [6, 6.07) is 9.55. The predicted molar refractivity (Wildman–Crippen MR) is 95.5 cm³/mol. The maximum atomic E-state index is 12.8. The van der Waals surface area contributed by atoms with Gasteiger partial charge in [0.15, 0.2) is 0 Å². The van der Waals surface area contributed by atoms with Crippen LogP contribution in [0.2, 0.25) is 0 Å². The summed E-state index contributed by atoms with van der Waals surface area (Å²) < 4.78 is 12.8. The molecule has 5 nitrogen and oxygen atoms in total. The van der Waals surface area contributed by atoms with E-state index in [1.54, 1.807) is 11.3 Å². The number of thiophene rings is 1. The van der Waals surface area contributed by atoms with Crippen molar-refractivity contribution in [3.63, 3.8) is 0 Å². The highest BCUT2D eigenvalue weighted by Crippen LogP contribution is 2.27. The smallest absolute Gasteiger partial charge is 0.244 e. The molecule has 0 fully saturated rings. The Morgan fingerprint density at radius 1 is 1.00 bits per heavy atom. The summed E-state index contributed by atoms with van der Waals surface area (Å²) in [7, 11) is 0. The van der Waals surface area contributed by atoms with Gasteiger partial charge in [0.1, 0.15) is 10.8 Å². The number of hydrazine groups is 1. The third-order valence-electron chi connectivity index (χ3n) is 3.24. The number of carbonyl (C=O) groups is 2. The van der Waals surface area contributed by atoms with Gasteiger partial charge in [-0.3, -0.25) is 20.4 Å². The van der Waals surface area contributed by atoms with Gasteiger partial charge in [0.25, 0.3) is 0 Å². The van der Waals surface area contributed by atoms with Gasteiger partial charge < -0.3 is 0 Å². The molecule has 0 aliphatic rings. The Morgan fingerprint density at radius 3 is 2.40 bits per heavy atom. The molecule has 0 saturated carbocycles. The summed E-state index contributed by atoms with van der Waals surface area (Å²) in [5.74, 6) is -1.09. The summed E-state index contributed by atoms with van der Waals surface area (Å²) in [5, 5.41) is 4.67. The number of thiazole rings is 1. The molecule has 2 heterocycles. The summed E-state index contributed by atoms with van der Waals surface area (Å²) in [4.78, 5) is 29.2. The molecule has 0 bridgehead atoms. The van der Waals surface area contributed by atoms with E-state index in [9.17, 15) is 14.0 Å². The molecule has 3 rings (SSSR count). The molecule has 0 aliphatic heterocycles. The van der Waals surface area contributed by atoms with E-state index in [-0.39, 0.29) is 30.5 Å². The van der Waals surface area contributed by atoms with Crippen molar-refractivity contribution in [2.24, 2.45) is 0 Å². The molecule has 0 aliphatic carbocycles. The highest BCUT2D eigenvalue weighted by molar-refractivity contribution is 7.20. The fourth-order valence-electron chi connectivity index (χ4n) is 2.08. The number of rotatable bonds is 5. The van der Waals surface area contributed by atoms with Gasteiger partial charge in [-0.1, -0.05) is 18.2 Å². The largest absolute Gasteiger partial charge is 0.273 e. The van der Waals surface area contributed by atoms with E-state index in [0.29, 0.717) is 11.3 Å². The molecule has 2 aromatic heterocycles. The lowest BCUT2D eigenvalue weighted by atomic mass is 10.1. The molecule has 0 radical (unpaired) electrons. The normalized spacial score (nSPS) is 10.4. The van der Waals surface area contributed by atoms with Crippen molar-refractivity contribution >= 4 is 34.5 Å². The van der Waals surface area contributed by atoms with Crippen LogP contribution < -0.4 is 10.9 Å². The quantitative estimate of drug-likeness (QED) is 0.674. The maximum Gasteiger partial charge on any atom is 0.244 e. The van der Waals surface area contributed by atoms with Crippen LogP contribution in [-0.2, 0) is 22.4 Å². The third-order valence-corrected chi connectivity index (χ3v) is 5.17. The highest BCUT2D eigenvalue weighted by Gasteiger charge is 2.11. The number of benzene rings is 1. The number of carbonyl (C=O) groups excluding carboxylic acids is 2. The van der Waals surface area contributed by atoms with Gasteiger partial charge in [0.05, 0.1) is 23.4 Å². The van der Waals surface area contributed by atoms with Crippen LogP contribution in [0.4, 0.5) is 4.39 Å². The lowest BCUT2D eigenvalue weighted by molar-refractivity contribution is -0.128. The number of hydrogen-bond donors (Lipinski definition) is 2. The van der Waals surface area contributed by atoms with E-state index in [1.165, 1.54) is 35.6 Å². The van der Waals surface area contributed by atoms with Crippen molar-refractivity contribution in [3.05, 3.63) is 64.2 Å². The summed E-state index contributed by atoms with van der Waals surface area (Å²) in [5.41, 5.74) is 6.02. The van der Waals surface area contributed by atoms with E-state index >= 15 is 0 Å². The zero-order chi connectivity index (χ0) is 17.6. The minimum atomic E-state index is -0.377. The number of nitrogens with zero attached hydrogens (tertiary/aromatic N) is 1. The third kappa shape index (κ3) is 4.94. The van der Waals surface area contributed by atoms with E-state index < -0.39 is 0 Å². The summed E-state index contributed by atoms with van der Waals surface area (Å²) in [6.07, 6.45) is 0.137. The average Bonchev–Trinajstić information content (AvgIpc) is 3.26. The van der Waals surface area contributed by atoms with E-state index in [0.717, 1.165) is 9.88 Å². The zero-order valence-corrected chi connectivity index (χ0v) is 14.6. The van der Waals surface area contributed by atoms with Gasteiger partial charge in [-0.15, -0.1) is 22.7 Å². The Morgan fingerprint density at radius 2 is 1.72 bits per heavy atom. The first-order valence-corrected chi connectivity index (χ1v) is 9.16. The first-order valence-electron chi connectivity index (χ1n) is 7.40. The lowest BCUT2D eigenvalue weighted by Gasteiger charge is -2.06. The van der Waals surface area contributed by atoms with Gasteiger partial charge in [0, 0.05) is 5.38 Å². The topological polar surface area (TPSA) is 71.1 Å². The van der Waals surface area contributed by atoms with Crippen molar-refractivity contribution in [2.45, 2.75) is 12.8 Å². The van der Waals surface area contributed by atoms with Crippen LogP contribution in [0.5, 0.6) is 0 Å². The van der Waals surface area contributed by atoms with Gasteiger partial charge in [0.2, 0.25) is 11.8 Å². The Balaban J connectivity index is 1.46. The fourth-order valence-corrected chi connectivity index (χ4v) is 3.72. The lowest BCUT2D eigenvalue weighted by Crippen LogP contribution is -2.43. The van der Waals surface area contributed by atoms with E-state index in [2.05, 4.69) is 15.8 Å². The molecule has 0 atom stereocenters. The minimum absolute atomic E-state index is 0.0553. The second kappa shape index (κ2) is 8.00. The van der Waals surface area contributed by atoms with Crippen LogP contribution in [-0.4, -0.2) is 16.8 Å². The highest BCUT2D eigenvalue weighted by atomic mass is 32.1. The second-order valence-corrected chi connectivity index (χ2v) is 7.00. The van der Waals surface area contributed by atoms with Crippen LogP contribution in [0.1, 0.15) is 11.3 Å². The zero-order valence-electron chi connectivity index (χ0n) is 13.0. The molecule has 0 spiro atoms. The van der Waals surface area contributed by atoms with E-state index in [4.69, 9.17) is 0 Å². The van der Waals surface area contributed by atoms with Gasteiger partial charge in [-0.2, -0.15) is 0 Å². The molecule has 3 aromatic rings. The molecule has 0 saturated heterocycles. The minimum Gasteiger partial charge on any atom is -0.273 e. The number of aromatic nitrogens is 1. The standard InChI is InChI=1S/C17H14FN3O2S2/c18-12-5-3-11(4-6-12)8-15(22)20-21-16(23)9-13-10-25-17(19-13)14-2-1-7-24-14/h1-7,10H,8-9H2,(H,20,22)(H,21,23). The first-order chi connectivity index (χ1) is 12.1. The Labute approximate surface area is 151 Å². The van der Waals surface area contributed by atoms with Crippen LogP contribution in [0.3, 0.4) is 0 Å². The first kappa shape index (κ1) is 17.2. The number of amides is 2. The van der Waals surface area contributed by atoms with Crippen LogP contribution in [0.15, 0.2) is 47.2 Å². The predicted octanol–water partition coefficient (Wildman–Crippen LogP) is 2.94. The van der Waals surface area contributed by atoms with Crippen molar-refractivity contribution < 1.29 is 14.0 Å². The molecule has 25 heavy (non-hydrogen) atoms. The van der Waals surface area contributed by atoms with Crippen molar-refractivity contribution in [1.82, 2.24) is 15.8 Å². The SMILES string of the molecule is O=C(Cc1ccc(F)cc1)NNC(=O)Cc1csc(-c2cccs2)n1. The Kier molecular flexibility index (Phi) is 5.52. The Bertz CT molecular complexity index is 860. The van der Waals surface area contributed by atoms with Crippen molar-refractivity contribution in [3.8, 4) is 9.88 Å². The van der Waals surface area contributed by atoms with Crippen molar-refractivity contribution in [2.75, 3.05) is 0 Å². The number of nitrogens with one attached hydrogen (secondary N) is 2. The molecule has 128 valence electrons. The molecule has 0 unspecified atom stereocenters. The summed E-state index contributed by atoms with van der Waals surface area (Å²) >= 11 is 3.07. The molecule has 8 heteroatoms. The fraction of sp³-hybridized carbons (Fsp3) is 0.118. The molecule has 2 amide bonds. The molecule has 2 N–H and O–H groups in total. The monoisotopic (exact) mass is 375 g/mol. The summed E-state index contributed by atoms with van der Waals surface area (Å²) in [6.45, 7) is 0. The Hall–Kier alpha value is -2.58. The van der Waals surface area contributed by atoms with Crippen LogP contribution in [0.25, 0.3) is 9.88 Å².